The van der Waals surface area contributed by atoms with E-state index in [9.17, 15) is 18.3 Å². The Morgan fingerprint density at radius 1 is 1.15 bits per heavy atom. The van der Waals surface area contributed by atoms with Crippen molar-refractivity contribution in [3.8, 4) is 17.7 Å². The van der Waals surface area contributed by atoms with Gasteiger partial charge in [-0.1, -0.05) is 36.8 Å². The van der Waals surface area contributed by atoms with Gasteiger partial charge in [0.05, 0.1) is 12.3 Å². The summed E-state index contributed by atoms with van der Waals surface area (Å²) in [5, 5.41) is 14.5. The molecule has 0 aliphatic carbocycles. The highest BCUT2D eigenvalue weighted by Crippen LogP contribution is 2.24. The quantitative estimate of drug-likeness (QED) is 0.339. The van der Waals surface area contributed by atoms with Crippen molar-refractivity contribution in [2.24, 2.45) is 5.92 Å². The number of rotatable bonds is 10. The van der Waals surface area contributed by atoms with Crippen LogP contribution in [0.3, 0.4) is 0 Å². The summed E-state index contributed by atoms with van der Waals surface area (Å²) >= 11 is 6.26. The molecule has 0 saturated heterocycles. The average molecular weight is 486 g/mol. The van der Waals surface area contributed by atoms with Crippen molar-refractivity contribution >= 4 is 23.4 Å². The van der Waals surface area contributed by atoms with Gasteiger partial charge in [-0.3, -0.25) is 0 Å². The number of pyridine rings is 1. The molecule has 2 heterocycles. The monoisotopic (exact) mass is 485 g/mol. The molecule has 1 unspecified atom stereocenters. The second-order valence-electron chi connectivity index (χ2n) is 7.17. The lowest BCUT2D eigenvalue weighted by molar-refractivity contribution is -0.115. The van der Waals surface area contributed by atoms with Crippen LogP contribution in [-0.2, 0) is 0 Å². The van der Waals surface area contributed by atoms with Gasteiger partial charge in [0.1, 0.15) is 17.9 Å². The third kappa shape index (κ3) is 8.59. The first-order valence-corrected chi connectivity index (χ1v) is 10.9. The Hall–Kier alpha value is -2.77. The summed E-state index contributed by atoms with van der Waals surface area (Å²) in [6, 6.07) is 3.45. The van der Waals surface area contributed by atoms with Gasteiger partial charge >= 0.3 is 6.18 Å². The number of aliphatic hydroxyl groups excluding tert-OH is 1. The second kappa shape index (κ2) is 12.5. The highest BCUT2D eigenvalue weighted by atomic mass is 35.5. The largest absolute Gasteiger partial charge is 0.478 e. The van der Waals surface area contributed by atoms with Crippen LogP contribution in [0.4, 0.5) is 24.9 Å². The standard InChI is InChI=1S/C22H27ClF3N5O2/c1-4-15(12-32)10-11-27-20-17(19(23)30-21(31-20)28-13-22(24,25)26)8-6-16-7-9-18(33-5-2)29-14(16)3/h7,9,15,32H,4-5,10-13H2,1-3H3,(H2,27,28,30,31). The van der Waals surface area contributed by atoms with Gasteiger partial charge in [-0.15, -0.1) is 0 Å². The number of hydrogen-bond acceptors (Lipinski definition) is 7. The van der Waals surface area contributed by atoms with Gasteiger partial charge in [0.15, 0.2) is 5.15 Å². The summed E-state index contributed by atoms with van der Waals surface area (Å²) in [5.74, 6) is 6.38. The molecule has 33 heavy (non-hydrogen) atoms. The molecule has 180 valence electrons. The van der Waals surface area contributed by atoms with Gasteiger partial charge in [-0.2, -0.15) is 23.1 Å². The van der Waals surface area contributed by atoms with Crippen LogP contribution in [0.15, 0.2) is 12.1 Å². The van der Waals surface area contributed by atoms with E-state index in [0.717, 1.165) is 6.42 Å². The van der Waals surface area contributed by atoms with Crippen LogP contribution in [0.2, 0.25) is 5.15 Å². The molecule has 11 heteroatoms. The fourth-order valence-electron chi connectivity index (χ4n) is 2.78. The smallest absolute Gasteiger partial charge is 0.405 e. The Bertz CT molecular complexity index is 988. The predicted octanol–water partition coefficient (Wildman–Crippen LogP) is 4.43. The molecule has 1 atom stereocenters. The third-order valence-electron chi connectivity index (χ3n) is 4.67. The minimum absolute atomic E-state index is 0.0395. The molecule has 0 bridgehead atoms. The maximum Gasteiger partial charge on any atom is 0.405 e. The van der Waals surface area contributed by atoms with Crippen LogP contribution in [0.5, 0.6) is 5.88 Å². The zero-order chi connectivity index (χ0) is 24.4. The number of aromatic nitrogens is 3. The molecule has 2 rings (SSSR count). The molecule has 2 aromatic heterocycles. The van der Waals surface area contributed by atoms with Crippen molar-refractivity contribution < 1.29 is 23.0 Å². The first kappa shape index (κ1) is 26.5. The second-order valence-corrected chi connectivity index (χ2v) is 7.53. The average Bonchev–Trinajstić information content (AvgIpc) is 2.75. The predicted molar refractivity (Wildman–Crippen MR) is 122 cm³/mol. The van der Waals surface area contributed by atoms with Gasteiger partial charge in [0.2, 0.25) is 11.8 Å². The van der Waals surface area contributed by atoms with E-state index in [1.165, 1.54) is 0 Å². The zero-order valence-electron chi connectivity index (χ0n) is 18.7. The van der Waals surface area contributed by atoms with Gasteiger partial charge < -0.3 is 20.5 Å². The van der Waals surface area contributed by atoms with Gasteiger partial charge in [0.25, 0.3) is 0 Å². The summed E-state index contributed by atoms with van der Waals surface area (Å²) in [6.45, 7) is 5.26. The minimum Gasteiger partial charge on any atom is -0.478 e. The van der Waals surface area contributed by atoms with Crippen molar-refractivity contribution in [3.63, 3.8) is 0 Å². The van der Waals surface area contributed by atoms with Crippen LogP contribution in [0.25, 0.3) is 0 Å². The molecule has 3 N–H and O–H groups in total. The zero-order valence-corrected chi connectivity index (χ0v) is 19.4. The molecule has 0 amide bonds. The molecule has 0 radical (unpaired) electrons. The van der Waals surface area contributed by atoms with Crippen molar-refractivity contribution in [1.82, 2.24) is 15.0 Å². The number of hydrogen-bond donors (Lipinski definition) is 3. The Kier molecular flexibility index (Phi) is 10.0. The summed E-state index contributed by atoms with van der Waals surface area (Å²) in [7, 11) is 0. The highest BCUT2D eigenvalue weighted by Gasteiger charge is 2.27. The van der Waals surface area contributed by atoms with Crippen molar-refractivity contribution in [1.29, 1.82) is 0 Å². The van der Waals surface area contributed by atoms with E-state index in [1.807, 2.05) is 13.8 Å². The first-order chi connectivity index (χ1) is 15.7. The Morgan fingerprint density at radius 3 is 2.52 bits per heavy atom. The summed E-state index contributed by atoms with van der Waals surface area (Å²) in [5.41, 5.74) is 1.53. The van der Waals surface area contributed by atoms with E-state index < -0.39 is 12.7 Å². The summed E-state index contributed by atoms with van der Waals surface area (Å²) < 4.78 is 43.1. The Morgan fingerprint density at radius 2 is 1.91 bits per heavy atom. The molecule has 0 spiro atoms. The number of alkyl halides is 3. The first-order valence-electron chi connectivity index (χ1n) is 10.5. The van der Waals surface area contributed by atoms with Crippen LogP contribution >= 0.6 is 11.6 Å². The number of anilines is 2. The minimum atomic E-state index is -4.43. The van der Waals surface area contributed by atoms with E-state index >= 15 is 0 Å². The van der Waals surface area contributed by atoms with Crippen LogP contribution in [0.1, 0.15) is 43.5 Å². The van der Waals surface area contributed by atoms with Crippen molar-refractivity contribution in [3.05, 3.63) is 34.1 Å². The number of ether oxygens (including phenoxy) is 1. The van der Waals surface area contributed by atoms with E-state index in [0.29, 0.717) is 36.7 Å². The van der Waals surface area contributed by atoms with E-state index in [4.69, 9.17) is 16.3 Å². The molecule has 0 aromatic carbocycles. The maximum atomic E-state index is 12.6. The lowest BCUT2D eigenvalue weighted by atomic mass is 10.0. The molecule has 0 aliphatic rings. The topological polar surface area (TPSA) is 92.2 Å². The van der Waals surface area contributed by atoms with Gasteiger partial charge in [0, 0.05) is 24.8 Å². The molecule has 0 aliphatic heterocycles. The molecular weight excluding hydrogens is 459 g/mol. The fourth-order valence-corrected chi connectivity index (χ4v) is 2.99. The molecule has 2 aromatic rings. The van der Waals surface area contributed by atoms with E-state index in [2.05, 4.69) is 37.4 Å². The highest BCUT2D eigenvalue weighted by molar-refractivity contribution is 6.31. The van der Waals surface area contributed by atoms with Crippen molar-refractivity contribution in [2.45, 2.75) is 39.8 Å². The maximum absolute atomic E-state index is 12.6. The van der Waals surface area contributed by atoms with Crippen molar-refractivity contribution in [2.75, 3.05) is 36.9 Å². The Labute approximate surface area is 196 Å². The summed E-state index contributed by atoms with van der Waals surface area (Å²) in [4.78, 5) is 12.4. The summed E-state index contributed by atoms with van der Waals surface area (Å²) in [6.07, 6.45) is -3.01. The number of aliphatic hydroxyl groups is 1. The third-order valence-corrected chi connectivity index (χ3v) is 4.94. The van der Waals surface area contributed by atoms with Gasteiger partial charge in [-0.25, -0.2) is 4.98 Å². The van der Waals surface area contributed by atoms with Crippen LogP contribution in [-0.4, -0.2) is 52.5 Å². The van der Waals surface area contributed by atoms with Crippen LogP contribution < -0.4 is 15.4 Å². The number of nitrogens with zero attached hydrogens (tertiary/aromatic N) is 3. The number of halogens is 4. The number of aryl methyl sites for hydroxylation is 1. The molecule has 0 fully saturated rings. The molecule has 7 nitrogen and oxygen atoms in total. The fraction of sp³-hybridized carbons (Fsp3) is 0.500. The molecular formula is C22H27ClF3N5O2. The van der Waals surface area contributed by atoms with E-state index in [1.54, 1.807) is 19.1 Å². The molecule has 0 saturated carbocycles. The Balaban J connectivity index is 2.34. The normalized spacial score (nSPS) is 12.0. The number of nitrogens with one attached hydrogen (secondary N) is 2. The lowest BCUT2D eigenvalue weighted by Crippen LogP contribution is -2.23. The van der Waals surface area contributed by atoms with E-state index in [-0.39, 0.29) is 35.0 Å². The van der Waals surface area contributed by atoms with Gasteiger partial charge in [-0.05, 0) is 32.3 Å². The lowest BCUT2D eigenvalue weighted by Gasteiger charge is -2.15. The van der Waals surface area contributed by atoms with Crippen LogP contribution in [0, 0.1) is 24.7 Å². The SMILES string of the molecule is CCOc1ccc(C#Cc2c(Cl)nc(NCC(F)(F)F)nc2NCCC(CC)CO)c(C)n1.